The summed E-state index contributed by atoms with van der Waals surface area (Å²) < 4.78 is 38.2. The molecule has 0 spiro atoms. The van der Waals surface area contributed by atoms with Crippen LogP contribution in [-0.4, -0.2) is 87.8 Å². The molecular weight excluding hydrogens is 1050 g/mol. The maximum Gasteiger partial charge on any atom is 0.416 e. The van der Waals surface area contributed by atoms with Crippen LogP contribution in [0.2, 0.25) is 0 Å². The van der Waals surface area contributed by atoms with E-state index in [1.807, 2.05) is 6.07 Å². The van der Waals surface area contributed by atoms with Crippen LogP contribution < -0.4 is 29.0 Å². The van der Waals surface area contributed by atoms with Gasteiger partial charge in [0.05, 0.1) is 28.1 Å². The summed E-state index contributed by atoms with van der Waals surface area (Å²) in [7, 11) is 0. The molecule has 0 aromatic heterocycles. The lowest BCUT2D eigenvalue weighted by molar-refractivity contribution is -0.385. The molecule has 20 nitrogen and oxygen atoms in total. The fourth-order valence-electron chi connectivity index (χ4n) is 11.9. The number of benzene rings is 4. The molecule has 0 unspecified atom stereocenters. The Morgan fingerprint density at radius 3 is 2.09 bits per heavy atom. The van der Waals surface area contributed by atoms with Crippen molar-refractivity contribution >= 4 is 29.3 Å². The summed E-state index contributed by atoms with van der Waals surface area (Å²) in [5.74, 6) is -1.61. The van der Waals surface area contributed by atoms with Gasteiger partial charge in [-0.25, -0.2) is 9.59 Å². The number of nitro groups is 2. The molecule has 0 saturated heterocycles. The fourth-order valence-corrected chi connectivity index (χ4v) is 11.9. The highest BCUT2D eigenvalue weighted by molar-refractivity contribution is 6.03. The Labute approximate surface area is 478 Å². The molecule has 4 aliphatic rings. The minimum Gasteiger partial charge on any atom is -0.459 e. The molecule has 440 valence electrons. The highest BCUT2D eigenvalue weighted by atomic mass is 16.7. The van der Waals surface area contributed by atoms with E-state index in [4.69, 9.17) is 38.4 Å². The molecule has 4 aromatic rings. The monoisotopic (exact) mass is 1130 g/mol. The number of carbonyl (C=O) groups is 2. The molecule has 2 aliphatic carbocycles. The number of nitrogens with one attached hydrogen (secondary N) is 1. The first-order valence-corrected chi connectivity index (χ1v) is 29.0. The van der Waals surface area contributed by atoms with Crippen LogP contribution in [0.15, 0.2) is 114 Å². The van der Waals surface area contributed by atoms with Gasteiger partial charge in [-0.1, -0.05) is 101 Å². The van der Waals surface area contributed by atoms with Crippen LogP contribution in [0.4, 0.5) is 21.0 Å². The van der Waals surface area contributed by atoms with Crippen molar-refractivity contribution in [1.29, 1.82) is 0 Å². The van der Waals surface area contributed by atoms with E-state index in [-0.39, 0.29) is 80.9 Å². The van der Waals surface area contributed by atoms with Crippen LogP contribution in [0.3, 0.4) is 0 Å². The van der Waals surface area contributed by atoms with Crippen molar-refractivity contribution in [2.24, 2.45) is 22.9 Å². The van der Waals surface area contributed by atoms with Gasteiger partial charge in [0, 0.05) is 68.5 Å². The van der Waals surface area contributed by atoms with E-state index < -0.39 is 45.7 Å². The number of oxime groups is 1. The van der Waals surface area contributed by atoms with Gasteiger partial charge < -0.3 is 48.8 Å². The predicted octanol–water partition coefficient (Wildman–Crippen LogP) is 12.8. The first kappa shape index (κ1) is 60.5. The largest absolute Gasteiger partial charge is 0.459 e. The van der Waals surface area contributed by atoms with Gasteiger partial charge in [-0.15, -0.1) is 6.58 Å². The van der Waals surface area contributed by atoms with Gasteiger partial charge in [-0.2, -0.15) is 0 Å². The molecule has 2 aliphatic heterocycles. The zero-order valence-corrected chi connectivity index (χ0v) is 46.8. The zero-order chi connectivity index (χ0) is 57.8. The van der Waals surface area contributed by atoms with Gasteiger partial charge in [0.1, 0.15) is 29.9 Å². The Bertz CT molecular complexity index is 2860. The van der Waals surface area contributed by atoms with Crippen LogP contribution in [0.25, 0.3) is 0 Å². The first-order chi connectivity index (χ1) is 40.0. The molecule has 8 rings (SSSR count). The summed E-state index contributed by atoms with van der Waals surface area (Å²) in [5.41, 5.74) is 2.84. The average Bonchev–Trinajstić information content (AvgIpc) is 2.19. The molecule has 6 atom stereocenters. The van der Waals surface area contributed by atoms with E-state index in [0.29, 0.717) is 79.2 Å². The van der Waals surface area contributed by atoms with Crippen molar-refractivity contribution in [2.45, 2.75) is 147 Å². The summed E-state index contributed by atoms with van der Waals surface area (Å²) in [4.78, 5) is 58.8. The topological polar surface area (TPSA) is 253 Å². The summed E-state index contributed by atoms with van der Waals surface area (Å²) in [5, 5.41) is 51.3. The number of amides is 2. The van der Waals surface area contributed by atoms with Crippen LogP contribution in [0.5, 0.6) is 28.7 Å². The zero-order valence-electron chi connectivity index (χ0n) is 46.8. The highest BCUT2D eigenvalue weighted by Gasteiger charge is 2.66. The standard InChI is InChI=1S/C62H77N5O15/c1-3-5-6-7-8-9-10-11-12-15-32-63-60(70)80-49-29-31-54-52(38-49)58-50(19-14-17-34-69)45(18-13-16-33-68)37-51-53(64-79-41-43-20-23-46(24-21-43)66(72)73)39-57(62(82-54,59(51)58)78-35-4-2)65(40-44-22-30-55-56(36-44)77-42-76-55)61(71)81-48-27-25-47(26-28-48)67(74)75/h4,20-31,36-38,45,50,57-59,68-69H,2-3,5-19,32-35,39-42H2,1H3,(H,63,70)/t45-,50+,57-,58+,59+,62+/m0/s1. The molecule has 20 heteroatoms. The number of fused-ring (bicyclic) bond motifs is 3. The van der Waals surface area contributed by atoms with Gasteiger partial charge in [0.25, 0.3) is 11.4 Å². The van der Waals surface area contributed by atoms with E-state index in [1.54, 1.807) is 48.5 Å². The second-order valence-corrected chi connectivity index (χ2v) is 21.4. The number of unbranched alkanes of at least 4 members (excludes halogenated alkanes) is 11. The molecule has 1 saturated carbocycles. The number of rotatable bonds is 32. The highest BCUT2D eigenvalue weighted by Crippen LogP contribution is 2.62. The number of nitrogens with zero attached hydrogens (tertiary/aromatic N) is 4. The number of aliphatic hydroxyl groups is 2. The van der Waals surface area contributed by atoms with Crippen LogP contribution in [0.1, 0.15) is 139 Å². The number of carbonyl (C=O) groups excluding carboxylic acids is 2. The van der Waals surface area contributed by atoms with Crippen molar-refractivity contribution in [3.05, 3.63) is 146 Å². The summed E-state index contributed by atoms with van der Waals surface area (Å²) in [6, 6.07) is 20.6. The van der Waals surface area contributed by atoms with E-state index >= 15 is 4.79 Å². The minimum absolute atomic E-state index is 0.00169. The number of non-ortho nitro benzene ring substituents is 2. The number of ether oxygens (including phenoxy) is 6. The first-order valence-electron chi connectivity index (χ1n) is 29.0. The molecule has 4 aromatic carbocycles. The number of nitro benzene ring substituents is 2. The van der Waals surface area contributed by atoms with Crippen molar-refractivity contribution < 1.29 is 62.9 Å². The molecule has 0 bridgehead atoms. The number of allylic oxidation sites excluding steroid dienone is 1. The quantitative estimate of drug-likeness (QED) is 0.0178. The van der Waals surface area contributed by atoms with Crippen LogP contribution >= 0.6 is 0 Å². The maximum atomic E-state index is 15.4. The lowest BCUT2D eigenvalue weighted by Gasteiger charge is -2.59. The van der Waals surface area contributed by atoms with Crippen molar-refractivity contribution in [2.75, 3.05) is 33.2 Å². The van der Waals surface area contributed by atoms with E-state index in [1.165, 1.54) is 86.2 Å². The van der Waals surface area contributed by atoms with Crippen LogP contribution in [0, 0.1) is 38.0 Å². The van der Waals surface area contributed by atoms with Gasteiger partial charge in [0.15, 0.2) is 11.5 Å². The van der Waals surface area contributed by atoms with Gasteiger partial charge in [0.2, 0.25) is 12.6 Å². The Morgan fingerprint density at radius 1 is 0.768 bits per heavy atom. The maximum absolute atomic E-state index is 15.4. The Balaban J connectivity index is 1.22. The third-order valence-corrected chi connectivity index (χ3v) is 15.9. The van der Waals surface area contributed by atoms with Crippen molar-refractivity contribution in [3.63, 3.8) is 0 Å². The Hall–Kier alpha value is -7.55. The summed E-state index contributed by atoms with van der Waals surface area (Å²) >= 11 is 0. The smallest absolute Gasteiger partial charge is 0.416 e. The van der Waals surface area contributed by atoms with Crippen molar-refractivity contribution in [1.82, 2.24) is 10.2 Å². The van der Waals surface area contributed by atoms with E-state index in [0.717, 1.165) is 30.4 Å². The van der Waals surface area contributed by atoms with E-state index in [9.17, 15) is 35.2 Å². The predicted molar refractivity (Wildman–Crippen MR) is 306 cm³/mol. The fraction of sp³-hybridized carbons (Fsp3) is 0.500. The molecule has 1 fully saturated rings. The lowest BCUT2D eigenvalue weighted by Crippen LogP contribution is -2.70. The number of hydrogen-bond donors (Lipinski definition) is 3. The third kappa shape index (κ3) is 15.3. The second-order valence-electron chi connectivity index (χ2n) is 21.4. The number of aliphatic hydroxyl groups excluding tert-OH is 2. The molecular formula is C62H77N5O15. The second kappa shape index (κ2) is 30.0. The SMILES string of the molecule is C=CCO[C@@]12Oc3ccc(OC(=O)NCCCCCCCCCCCC)cc3[C@H]3[C@H](CCCCO)[C@@H](CCCCO)C=C(C(=NOCc4ccc([N+](=O)[O-])cc4)C[C@@H]1N(Cc1ccc4c(c1)OCO4)C(=O)Oc1ccc([N+](=O)[O-])cc1)[C@H]32. The van der Waals surface area contributed by atoms with Gasteiger partial charge >= 0.3 is 12.2 Å². The van der Waals surface area contributed by atoms with Crippen molar-refractivity contribution in [3.8, 4) is 28.7 Å². The lowest BCUT2D eigenvalue weighted by atomic mass is 9.55. The normalized spacial score (nSPS) is 20.6. The van der Waals surface area contributed by atoms with Crippen LogP contribution in [-0.2, 0) is 22.7 Å². The minimum atomic E-state index is -1.75. The van der Waals surface area contributed by atoms with Gasteiger partial charge in [-0.05, 0) is 115 Å². The molecule has 82 heavy (non-hydrogen) atoms. The molecule has 0 radical (unpaired) electrons. The summed E-state index contributed by atoms with van der Waals surface area (Å²) in [6.07, 6.45) is 17.7. The number of hydrogen-bond acceptors (Lipinski definition) is 16. The van der Waals surface area contributed by atoms with Gasteiger partial charge in [-0.3, -0.25) is 25.1 Å². The Morgan fingerprint density at radius 2 is 1.40 bits per heavy atom. The molecule has 2 heterocycles. The summed E-state index contributed by atoms with van der Waals surface area (Å²) in [6.45, 7) is 6.48. The Kier molecular flexibility index (Phi) is 22.1. The average molecular weight is 1130 g/mol. The molecule has 3 N–H and O–H groups in total. The van der Waals surface area contributed by atoms with E-state index in [2.05, 4.69) is 24.9 Å². The third-order valence-electron chi connectivity index (χ3n) is 15.9. The molecule has 2 amide bonds.